The van der Waals surface area contributed by atoms with E-state index < -0.39 is 0 Å². The maximum absolute atomic E-state index is 11.6. The summed E-state index contributed by atoms with van der Waals surface area (Å²) in [6.45, 7) is 5.24. The molecule has 0 bridgehead atoms. The molecule has 2 rings (SSSR count). The van der Waals surface area contributed by atoms with Crippen molar-refractivity contribution in [2.45, 2.75) is 38.4 Å². The Morgan fingerprint density at radius 3 is 2.95 bits per heavy atom. The molecule has 0 saturated carbocycles. The van der Waals surface area contributed by atoms with Gasteiger partial charge in [0.15, 0.2) is 16.7 Å². The van der Waals surface area contributed by atoms with Crippen molar-refractivity contribution in [3.63, 3.8) is 0 Å². The molecule has 0 radical (unpaired) electrons. The number of hydrogen-bond donors (Lipinski definition) is 0. The second-order valence-electron chi connectivity index (χ2n) is 4.39. The monoisotopic (exact) mass is 309 g/mol. The molecule has 0 unspecified atom stereocenters. The summed E-state index contributed by atoms with van der Waals surface area (Å²) < 4.78 is 12.4. The lowest BCUT2D eigenvalue weighted by atomic mass is 10.4. The molecule has 0 aliphatic carbocycles. The molecule has 0 aromatic carbocycles. The van der Waals surface area contributed by atoms with Crippen molar-refractivity contribution in [1.82, 2.24) is 14.8 Å². The zero-order valence-electron chi connectivity index (χ0n) is 12.2. The minimum atomic E-state index is -0.223. The Morgan fingerprint density at radius 2 is 2.29 bits per heavy atom. The van der Waals surface area contributed by atoms with Crippen LogP contribution in [-0.4, -0.2) is 33.1 Å². The second-order valence-corrected chi connectivity index (χ2v) is 5.33. The molecule has 0 fully saturated rings. The predicted molar refractivity (Wildman–Crippen MR) is 80.0 cm³/mol. The first-order valence-electron chi connectivity index (χ1n) is 7.01. The fourth-order valence-electron chi connectivity index (χ4n) is 1.76. The largest absolute Gasteiger partial charge is 0.465 e. The van der Waals surface area contributed by atoms with Gasteiger partial charge < -0.3 is 9.15 Å². The van der Waals surface area contributed by atoms with Crippen LogP contribution in [0.1, 0.15) is 26.7 Å². The van der Waals surface area contributed by atoms with E-state index in [-0.39, 0.29) is 11.7 Å². The van der Waals surface area contributed by atoms with Crippen molar-refractivity contribution in [1.29, 1.82) is 0 Å². The molecule has 21 heavy (non-hydrogen) atoms. The first-order valence-corrected chi connectivity index (χ1v) is 8.00. The molecule has 0 aliphatic heterocycles. The molecule has 0 saturated heterocycles. The van der Waals surface area contributed by atoms with E-state index >= 15 is 0 Å². The van der Waals surface area contributed by atoms with E-state index in [1.165, 1.54) is 11.8 Å². The lowest BCUT2D eigenvalue weighted by Crippen LogP contribution is -2.09. The number of hydrogen-bond acceptors (Lipinski definition) is 6. The Hall–Kier alpha value is -1.76. The predicted octanol–water partition coefficient (Wildman–Crippen LogP) is 2.99. The van der Waals surface area contributed by atoms with E-state index in [4.69, 9.17) is 9.15 Å². The summed E-state index contributed by atoms with van der Waals surface area (Å²) in [4.78, 5) is 11.6. The number of ether oxygens (including phenoxy) is 1. The molecule has 6 nitrogen and oxygen atoms in total. The minimum Gasteiger partial charge on any atom is -0.465 e. The molecule has 0 N–H and O–H groups in total. The van der Waals surface area contributed by atoms with Crippen molar-refractivity contribution >= 4 is 17.7 Å². The Balaban J connectivity index is 1.96. The summed E-state index contributed by atoms with van der Waals surface area (Å²) in [7, 11) is 0. The highest BCUT2D eigenvalue weighted by molar-refractivity contribution is 7.99. The van der Waals surface area contributed by atoms with Crippen LogP contribution in [0.3, 0.4) is 0 Å². The third-order valence-electron chi connectivity index (χ3n) is 2.85. The quantitative estimate of drug-likeness (QED) is 0.424. The van der Waals surface area contributed by atoms with E-state index in [2.05, 4.69) is 17.1 Å². The van der Waals surface area contributed by atoms with Gasteiger partial charge in [-0.3, -0.25) is 9.36 Å². The molecule has 0 atom stereocenters. The van der Waals surface area contributed by atoms with Gasteiger partial charge in [0.1, 0.15) is 0 Å². The van der Waals surface area contributed by atoms with E-state index in [1.54, 1.807) is 6.26 Å². The average Bonchev–Trinajstić information content (AvgIpc) is 3.13. The smallest absolute Gasteiger partial charge is 0.316 e. The summed E-state index contributed by atoms with van der Waals surface area (Å²) in [5.74, 6) is 1.35. The normalized spacial score (nSPS) is 10.8. The van der Waals surface area contributed by atoms with Gasteiger partial charge in [-0.05, 0) is 25.5 Å². The second kappa shape index (κ2) is 7.87. The number of furan rings is 1. The molecule has 0 aliphatic rings. The van der Waals surface area contributed by atoms with Crippen LogP contribution in [-0.2, 0) is 16.1 Å². The molecule has 114 valence electrons. The molecule has 0 amide bonds. The number of unbranched alkanes of at least 4 members (excludes halogenated alkanes) is 1. The van der Waals surface area contributed by atoms with Crippen molar-refractivity contribution in [3.8, 4) is 11.6 Å². The number of carbonyl (C=O) groups is 1. The Labute approximate surface area is 127 Å². The van der Waals surface area contributed by atoms with Crippen LogP contribution in [0.2, 0.25) is 0 Å². The maximum atomic E-state index is 11.6. The van der Waals surface area contributed by atoms with Crippen molar-refractivity contribution in [3.05, 3.63) is 18.4 Å². The van der Waals surface area contributed by atoms with E-state index in [9.17, 15) is 4.79 Å². The van der Waals surface area contributed by atoms with Crippen LogP contribution in [0.4, 0.5) is 0 Å². The van der Waals surface area contributed by atoms with Gasteiger partial charge in [-0.15, -0.1) is 10.2 Å². The van der Waals surface area contributed by atoms with Gasteiger partial charge in [0, 0.05) is 6.54 Å². The highest BCUT2D eigenvalue weighted by Gasteiger charge is 2.16. The van der Waals surface area contributed by atoms with Crippen LogP contribution in [0.25, 0.3) is 11.6 Å². The molecule has 0 spiro atoms. The molecule has 2 aromatic rings. The van der Waals surface area contributed by atoms with E-state index in [1.807, 2.05) is 23.6 Å². The number of nitrogens with zero attached hydrogens (tertiary/aromatic N) is 3. The summed E-state index contributed by atoms with van der Waals surface area (Å²) >= 11 is 1.33. The highest BCUT2D eigenvalue weighted by Crippen LogP contribution is 2.24. The Morgan fingerprint density at radius 1 is 1.43 bits per heavy atom. The van der Waals surface area contributed by atoms with Crippen molar-refractivity contribution in [2.75, 3.05) is 12.4 Å². The summed E-state index contributed by atoms with van der Waals surface area (Å²) in [5, 5.41) is 8.94. The average molecular weight is 309 g/mol. The fourth-order valence-corrected chi connectivity index (χ4v) is 2.56. The topological polar surface area (TPSA) is 70.2 Å². The molecule has 7 heteroatoms. The van der Waals surface area contributed by atoms with Gasteiger partial charge in [-0.25, -0.2) is 0 Å². The first-order chi connectivity index (χ1) is 10.3. The van der Waals surface area contributed by atoms with Crippen LogP contribution in [0, 0.1) is 0 Å². The van der Waals surface area contributed by atoms with Gasteiger partial charge in [0.05, 0.1) is 18.6 Å². The Kier molecular flexibility index (Phi) is 5.86. The zero-order valence-corrected chi connectivity index (χ0v) is 13.1. The van der Waals surface area contributed by atoms with E-state index in [0.717, 1.165) is 12.8 Å². The molecular weight excluding hydrogens is 290 g/mol. The van der Waals surface area contributed by atoms with Crippen LogP contribution in [0.15, 0.2) is 28.0 Å². The van der Waals surface area contributed by atoms with Gasteiger partial charge in [-0.1, -0.05) is 25.1 Å². The highest BCUT2D eigenvalue weighted by atomic mass is 32.2. The van der Waals surface area contributed by atoms with Gasteiger partial charge in [0.2, 0.25) is 0 Å². The lowest BCUT2D eigenvalue weighted by molar-refractivity contribution is -0.140. The van der Waals surface area contributed by atoms with Crippen molar-refractivity contribution < 1.29 is 13.9 Å². The molecule has 2 aromatic heterocycles. The minimum absolute atomic E-state index is 0.223. The molecular formula is C14H19N3O3S. The van der Waals surface area contributed by atoms with Crippen LogP contribution in [0.5, 0.6) is 0 Å². The van der Waals surface area contributed by atoms with Crippen LogP contribution < -0.4 is 0 Å². The third kappa shape index (κ3) is 4.10. The number of esters is 1. The van der Waals surface area contributed by atoms with E-state index in [0.29, 0.717) is 29.9 Å². The summed E-state index contributed by atoms with van der Waals surface area (Å²) in [6.07, 6.45) is 3.50. The van der Waals surface area contributed by atoms with Gasteiger partial charge in [0.25, 0.3) is 0 Å². The van der Waals surface area contributed by atoms with Crippen LogP contribution >= 0.6 is 11.8 Å². The first kappa shape index (κ1) is 15.6. The summed E-state index contributed by atoms with van der Waals surface area (Å²) in [6, 6.07) is 3.64. The fraction of sp³-hybridized carbons (Fsp3) is 0.500. The van der Waals surface area contributed by atoms with Crippen molar-refractivity contribution in [2.24, 2.45) is 0 Å². The standard InChI is InChI=1S/C14H19N3O3S/c1-3-5-8-20-12(18)10-21-14-16-15-13(17(14)4-2)11-7-6-9-19-11/h6-7,9H,3-5,8,10H2,1-2H3. The Bertz CT molecular complexity index is 566. The third-order valence-corrected chi connectivity index (χ3v) is 3.79. The zero-order chi connectivity index (χ0) is 15.1. The number of thioether (sulfide) groups is 1. The van der Waals surface area contributed by atoms with Gasteiger partial charge >= 0.3 is 5.97 Å². The molecule has 2 heterocycles. The lowest BCUT2D eigenvalue weighted by Gasteiger charge is -2.06. The van der Waals surface area contributed by atoms with Gasteiger partial charge in [-0.2, -0.15) is 0 Å². The summed E-state index contributed by atoms with van der Waals surface area (Å²) in [5.41, 5.74) is 0. The maximum Gasteiger partial charge on any atom is 0.316 e. The SMILES string of the molecule is CCCCOC(=O)CSc1nnc(-c2ccco2)n1CC. The number of aromatic nitrogens is 3. The number of rotatable bonds is 8. The number of carbonyl (C=O) groups excluding carboxylic acids is 1.